The number of fused-ring (bicyclic) bond motifs is 1. The number of carbonyl (C=O) groups is 1. The van der Waals surface area contributed by atoms with Crippen molar-refractivity contribution in [2.24, 2.45) is 0 Å². The quantitative estimate of drug-likeness (QED) is 0.811. The summed E-state index contributed by atoms with van der Waals surface area (Å²) in [6.07, 6.45) is 2.22. The van der Waals surface area contributed by atoms with E-state index in [1.807, 2.05) is 35.4 Å². The van der Waals surface area contributed by atoms with Crippen LogP contribution in [0.5, 0.6) is 0 Å². The summed E-state index contributed by atoms with van der Waals surface area (Å²) < 4.78 is 5.85. The Morgan fingerprint density at radius 1 is 0.964 bits per heavy atom. The minimum Gasteiger partial charge on any atom is -0.363 e. The molecule has 0 spiro atoms. The standard InChI is InChI=1S/C22H26N4O2/c27-22(20-13-17-5-1-2-6-18(17)16-28-20)26-14-19(15-26)24-9-11-25(12-10-24)21-7-3-4-8-23-21/h1-8,19-20H,9-16H2. The average Bonchev–Trinajstić information content (AvgIpc) is 2.73. The van der Waals surface area contributed by atoms with Gasteiger partial charge in [-0.2, -0.15) is 0 Å². The zero-order chi connectivity index (χ0) is 18.9. The lowest BCUT2D eigenvalue weighted by molar-refractivity contribution is -0.153. The first-order valence-electron chi connectivity index (χ1n) is 10.1. The van der Waals surface area contributed by atoms with Crippen LogP contribution in [0.2, 0.25) is 0 Å². The summed E-state index contributed by atoms with van der Waals surface area (Å²) >= 11 is 0. The SMILES string of the molecule is O=C(C1Cc2ccccc2CO1)N1CC(N2CCN(c3ccccn3)CC2)C1. The summed E-state index contributed by atoms with van der Waals surface area (Å²) in [6.45, 7) is 6.22. The van der Waals surface area contributed by atoms with E-state index in [1.54, 1.807) is 0 Å². The van der Waals surface area contributed by atoms with E-state index < -0.39 is 0 Å². The van der Waals surface area contributed by atoms with Gasteiger partial charge in [0.05, 0.1) is 6.61 Å². The molecule has 1 unspecified atom stereocenters. The molecule has 2 fully saturated rings. The second-order valence-electron chi connectivity index (χ2n) is 7.88. The molecule has 6 heteroatoms. The number of carbonyl (C=O) groups excluding carboxylic acids is 1. The molecule has 5 rings (SSSR count). The number of pyridine rings is 1. The van der Waals surface area contributed by atoms with E-state index in [1.165, 1.54) is 11.1 Å². The molecule has 28 heavy (non-hydrogen) atoms. The number of likely N-dealkylation sites (tertiary alicyclic amines) is 1. The fraction of sp³-hybridized carbons (Fsp3) is 0.455. The van der Waals surface area contributed by atoms with Crippen molar-refractivity contribution in [3.05, 3.63) is 59.8 Å². The number of amides is 1. The summed E-state index contributed by atoms with van der Waals surface area (Å²) in [7, 11) is 0. The van der Waals surface area contributed by atoms with Crippen molar-refractivity contribution in [2.75, 3.05) is 44.2 Å². The highest BCUT2D eigenvalue weighted by atomic mass is 16.5. The van der Waals surface area contributed by atoms with Crippen LogP contribution < -0.4 is 4.90 Å². The maximum absolute atomic E-state index is 12.8. The molecule has 4 heterocycles. The van der Waals surface area contributed by atoms with Gasteiger partial charge in [0.1, 0.15) is 11.9 Å². The van der Waals surface area contributed by atoms with Crippen LogP contribution in [0.4, 0.5) is 5.82 Å². The third-order valence-corrected chi connectivity index (χ3v) is 6.22. The molecule has 146 valence electrons. The summed E-state index contributed by atoms with van der Waals surface area (Å²) in [5, 5.41) is 0. The first-order valence-corrected chi connectivity index (χ1v) is 10.1. The first-order chi connectivity index (χ1) is 13.8. The van der Waals surface area contributed by atoms with Crippen LogP contribution >= 0.6 is 0 Å². The van der Waals surface area contributed by atoms with Gasteiger partial charge >= 0.3 is 0 Å². The molecule has 1 atom stereocenters. The maximum atomic E-state index is 12.8. The lowest BCUT2D eigenvalue weighted by atomic mass is 9.97. The monoisotopic (exact) mass is 378 g/mol. The predicted molar refractivity (Wildman–Crippen MR) is 107 cm³/mol. The van der Waals surface area contributed by atoms with Crippen LogP contribution in [-0.2, 0) is 22.6 Å². The minimum absolute atomic E-state index is 0.151. The smallest absolute Gasteiger partial charge is 0.252 e. The number of benzene rings is 1. The van der Waals surface area contributed by atoms with Crippen LogP contribution in [0.1, 0.15) is 11.1 Å². The Bertz CT molecular complexity index is 829. The van der Waals surface area contributed by atoms with E-state index in [0.717, 1.165) is 45.1 Å². The normalized spacial score (nSPS) is 23.2. The topological polar surface area (TPSA) is 48.9 Å². The van der Waals surface area contributed by atoms with Gasteiger partial charge in [0.25, 0.3) is 5.91 Å². The Balaban J connectivity index is 1.11. The van der Waals surface area contributed by atoms with Gasteiger partial charge < -0.3 is 14.5 Å². The van der Waals surface area contributed by atoms with Crippen LogP contribution in [0.15, 0.2) is 48.7 Å². The maximum Gasteiger partial charge on any atom is 0.252 e. The van der Waals surface area contributed by atoms with Crippen molar-refractivity contribution in [3.8, 4) is 0 Å². The molecule has 0 saturated carbocycles. The van der Waals surface area contributed by atoms with Crippen molar-refractivity contribution < 1.29 is 9.53 Å². The van der Waals surface area contributed by atoms with Crippen LogP contribution in [-0.4, -0.2) is 72.1 Å². The molecule has 0 N–H and O–H groups in total. The molecule has 1 aromatic carbocycles. The summed E-state index contributed by atoms with van der Waals surface area (Å²) in [6, 6.07) is 14.8. The Labute approximate surface area is 165 Å². The number of piperazine rings is 1. The fourth-order valence-corrected chi connectivity index (χ4v) is 4.43. The van der Waals surface area contributed by atoms with E-state index in [9.17, 15) is 4.79 Å². The number of aromatic nitrogens is 1. The number of anilines is 1. The van der Waals surface area contributed by atoms with E-state index in [-0.39, 0.29) is 12.0 Å². The Kier molecular flexibility index (Phi) is 4.74. The van der Waals surface area contributed by atoms with Crippen LogP contribution in [0.25, 0.3) is 0 Å². The third-order valence-electron chi connectivity index (χ3n) is 6.22. The van der Waals surface area contributed by atoms with Gasteiger partial charge in [-0.3, -0.25) is 9.69 Å². The van der Waals surface area contributed by atoms with Crippen LogP contribution in [0.3, 0.4) is 0 Å². The number of hydrogen-bond acceptors (Lipinski definition) is 5. The molecule has 6 nitrogen and oxygen atoms in total. The molecule has 1 amide bonds. The molecule has 3 aliphatic heterocycles. The van der Waals surface area contributed by atoms with Gasteiger partial charge in [0.15, 0.2) is 0 Å². The zero-order valence-electron chi connectivity index (χ0n) is 16.0. The van der Waals surface area contributed by atoms with E-state index in [0.29, 0.717) is 19.1 Å². The third kappa shape index (κ3) is 3.38. The average molecular weight is 378 g/mol. The highest BCUT2D eigenvalue weighted by Gasteiger charge is 2.39. The lowest BCUT2D eigenvalue weighted by Crippen LogP contribution is -2.65. The second kappa shape index (κ2) is 7.53. The summed E-state index contributed by atoms with van der Waals surface area (Å²) in [4.78, 5) is 24.1. The molecule has 0 radical (unpaired) electrons. The Morgan fingerprint density at radius 2 is 1.71 bits per heavy atom. The van der Waals surface area contributed by atoms with Gasteiger partial charge in [-0.1, -0.05) is 30.3 Å². The van der Waals surface area contributed by atoms with Gasteiger partial charge in [0.2, 0.25) is 0 Å². The van der Waals surface area contributed by atoms with Crippen molar-refractivity contribution in [1.29, 1.82) is 0 Å². The molecule has 0 aliphatic carbocycles. The molecule has 3 aliphatic rings. The van der Waals surface area contributed by atoms with Gasteiger partial charge in [-0.15, -0.1) is 0 Å². The number of hydrogen-bond donors (Lipinski definition) is 0. The molecule has 1 aromatic heterocycles. The fourth-order valence-electron chi connectivity index (χ4n) is 4.43. The molecule has 2 saturated heterocycles. The Hall–Kier alpha value is -2.44. The van der Waals surface area contributed by atoms with E-state index in [4.69, 9.17) is 4.74 Å². The largest absolute Gasteiger partial charge is 0.363 e. The predicted octanol–water partition coefficient (Wildman–Crippen LogP) is 1.56. The minimum atomic E-state index is -0.322. The van der Waals surface area contributed by atoms with E-state index in [2.05, 4.69) is 33.0 Å². The highest BCUT2D eigenvalue weighted by molar-refractivity contribution is 5.82. The number of nitrogens with zero attached hydrogens (tertiary/aromatic N) is 4. The van der Waals surface area contributed by atoms with Gasteiger partial charge in [-0.25, -0.2) is 4.98 Å². The lowest BCUT2D eigenvalue weighted by Gasteiger charge is -2.49. The van der Waals surface area contributed by atoms with E-state index >= 15 is 0 Å². The van der Waals surface area contributed by atoms with Crippen LogP contribution in [0, 0.1) is 0 Å². The van der Waals surface area contributed by atoms with Crippen molar-refractivity contribution in [3.63, 3.8) is 0 Å². The number of rotatable bonds is 3. The molecular weight excluding hydrogens is 352 g/mol. The Morgan fingerprint density at radius 3 is 2.46 bits per heavy atom. The second-order valence-corrected chi connectivity index (χ2v) is 7.88. The van der Waals surface area contributed by atoms with Gasteiger partial charge in [-0.05, 0) is 23.3 Å². The summed E-state index contributed by atoms with van der Waals surface area (Å²) in [5.74, 6) is 1.21. The van der Waals surface area contributed by atoms with Gasteiger partial charge in [0, 0.05) is 57.9 Å². The molecule has 2 aromatic rings. The first kappa shape index (κ1) is 17.6. The zero-order valence-corrected chi connectivity index (χ0v) is 16.0. The number of ether oxygens (including phenoxy) is 1. The van der Waals surface area contributed by atoms with Crippen molar-refractivity contribution in [1.82, 2.24) is 14.8 Å². The van der Waals surface area contributed by atoms with Crippen molar-refractivity contribution in [2.45, 2.75) is 25.2 Å². The molecular formula is C22H26N4O2. The molecule has 0 bridgehead atoms. The van der Waals surface area contributed by atoms with Crippen molar-refractivity contribution >= 4 is 11.7 Å². The summed E-state index contributed by atoms with van der Waals surface area (Å²) in [5.41, 5.74) is 2.45. The highest BCUT2D eigenvalue weighted by Crippen LogP contribution is 2.25.